The first-order valence-electron chi connectivity index (χ1n) is 9.00. The van der Waals surface area contributed by atoms with Gasteiger partial charge in [0.25, 0.3) is 0 Å². The van der Waals surface area contributed by atoms with Crippen LogP contribution in [-0.2, 0) is 10.2 Å². The number of rotatable bonds is 1. The zero-order valence-electron chi connectivity index (χ0n) is 15.9. The first kappa shape index (κ1) is 17.8. The van der Waals surface area contributed by atoms with Gasteiger partial charge >= 0.3 is 6.03 Å². The van der Waals surface area contributed by atoms with Gasteiger partial charge in [0.2, 0.25) is 5.91 Å². The minimum Gasteiger partial charge on any atom is -0.337 e. The van der Waals surface area contributed by atoms with Crippen molar-refractivity contribution in [3.05, 3.63) is 35.4 Å². The molecule has 1 saturated heterocycles. The van der Waals surface area contributed by atoms with Crippen molar-refractivity contribution >= 4 is 11.9 Å². The van der Waals surface area contributed by atoms with Crippen LogP contribution in [0.3, 0.4) is 0 Å². The van der Waals surface area contributed by atoms with Crippen LogP contribution < -0.4 is 5.32 Å². The second-order valence-corrected chi connectivity index (χ2v) is 9.11. The maximum atomic E-state index is 12.7. The van der Waals surface area contributed by atoms with Crippen molar-refractivity contribution in [2.75, 3.05) is 26.2 Å². The number of nitrogens with one attached hydrogen (secondary N) is 1. The van der Waals surface area contributed by atoms with E-state index >= 15 is 0 Å². The highest BCUT2D eigenvalue weighted by molar-refractivity contribution is 5.86. The maximum absolute atomic E-state index is 12.7. The minimum atomic E-state index is -0.148. The molecule has 25 heavy (non-hydrogen) atoms. The first-order valence-corrected chi connectivity index (χ1v) is 9.00. The molecule has 1 atom stereocenters. The van der Waals surface area contributed by atoms with E-state index in [0.29, 0.717) is 19.6 Å². The molecule has 3 amide bonds. The van der Waals surface area contributed by atoms with E-state index in [9.17, 15) is 9.59 Å². The number of carbonyl (C=O) groups is 2. The van der Waals surface area contributed by atoms with Crippen molar-refractivity contribution in [1.29, 1.82) is 0 Å². The van der Waals surface area contributed by atoms with Gasteiger partial charge in [-0.1, -0.05) is 58.9 Å². The fourth-order valence-corrected chi connectivity index (χ4v) is 3.79. The van der Waals surface area contributed by atoms with E-state index in [1.807, 2.05) is 11.0 Å². The van der Waals surface area contributed by atoms with Gasteiger partial charge in [0.15, 0.2) is 0 Å². The van der Waals surface area contributed by atoms with E-state index in [1.54, 1.807) is 4.90 Å². The van der Waals surface area contributed by atoms with E-state index in [4.69, 9.17) is 0 Å². The number of benzene rings is 1. The molecule has 0 bridgehead atoms. The normalized spacial score (nSPS) is 22.3. The third-order valence-electron chi connectivity index (χ3n) is 5.09. The Morgan fingerprint density at radius 1 is 1.28 bits per heavy atom. The van der Waals surface area contributed by atoms with E-state index in [0.717, 1.165) is 0 Å². The second-order valence-electron chi connectivity index (χ2n) is 9.11. The SMILES string of the molecule is CC(C)(C)CNC(=O)N1CC(=O)N2CC(C)(C)c3ccccc3C2C1. The molecular formula is C20H29N3O2. The van der Waals surface area contributed by atoms with Gasteiger partial charge in [-0.2, -0.15) is 0 Å². The van der Waals surface area contributed by atoms with Crippen LogP contribution in [0.5, 0.6) is 0 Å². The fraction of sp³-hybridized carbons (Fsp3) is 0.600. The molecule has 0 spiro atoms. The summed E-state index contributed by atoms with van der Waals surface area (Å²) in [6, 6.07) is 8.11. The third-order valence-corrected chi connectivity index (χ3v) is 5.09. The molecule has 5 heteroatoms. The Hall–Kier alpha value is -2.04. The van der Waals surface area contributed by atoms with E-state index in [-0.39, 0.29) is 35.4 Å². The van der Waals surface area contributed by atoms with Crippen LogP contribution in [0.15, 0.2) is 24.3 Å². The Balaban J connectivity index is 1.83. The topological polar surface area (TPSA) is 52.7 Å². The van der Waals surface area contributed by atoms with Crippen molar-refractivity contribution in [1.82, 2.24) is 15.1 Å². The van der Waals surface area contributed by atoms with Crippen molar-refractivity contribution in [2.24, 2.45) is 5.41 Å². The molecule has 2 aliphatic rings. The summed E-state index contributed by atoms with van der Waals surface area (Å²) in [6.07, 6.45) is 0. The summed E-state index contributed by atoms with van der Waals surface area (Å²) in [5.41, 5.74) is 2.39. The molecule has 136 valence electrons. The predicted octanol–water partition coefficient (Wildman–Crippen LogP) is 2.92. The largest absolute Gasteiger partial charge is 0.337 e. The number of hydrogen-bond acceptors (Lipinski definition) is 2. The Bertz CT molecular complexity index is 690. The Morgan fingerprint density at radius 2 is 1.96 bits per heavy atom. The molecule has 1 fully saturated rings. The molecule has 3 rings (SSSR count). The zero-order chi connectivity index (χ0) is 18.4. The molecule has 0 radical (unpaired) electrons. The molecule has 0 aliphatic carbocycles. The van der Waals surface area contributed by atoms with Crippen molar-refractivity contribution < 1.29 is 9.59 Å². The van der Waals surface area contributed by atoms with Crippen LogP contribution in [0.4, 0.5) is 4.79 Å². The van der Waals surface area contributed by atoms with Crippen molar-refractivity contribution in [3.8, 4) is 0 Å². The summed E-state index contributed by atoms with van der Waals surface area (Å²) in [4.78, 5) is 28.9. The highest BCUT2D eigenvalue weighted by atomic mass is 16.2. The lowest BCUT2D eigenvalue weighted by Gasteiger charge is -2.49. The number of nitrogens with zero attached hydrogens (tertiary/aromatic N) is 2. The summed E-state index contributed by atoms with van der Waals surface area (Å²) in [5.74, 6) is 0.0322. The third kappa shape index (κ3) is 3.51. The summed E-state index contributed by atoms with van der Waals surface area (Å²) < 4.78 is 0. The lowest BCUT2D eigenvalue weighted by molar-refractivity contribution is -0.140. The zero-order valence-corrected chi connectivity index (χ0v) is 15.9. The van der Waals surface area contributed by atoms with E-state index in [1.165, 1.54) is 11.1 Å². The van der Waals surface area contributed by atoms with Crippen LogP contribution >= 0.6 is 0 Å². The van der Waals surface area contributed by atoms with E-state index < -0.39 is 0 Å². The molecule has 0 saturated carbocycles. The highest BCUT2D eigenvalue weighted by Gasteiger charge is 2.44. The van der Waals surface area contributed by atoms with Gasteiger partial charge in [0.1, 0.15) is 6.54 Å². The van der Waals surface area contributed by atoms with Crippen LogP contribution in [0.2, 0.25) is 0 Å². The van der Waals surface area contributed by atoms with Gasteiger partial charge in [0, 0.05) is 25.0 Å². The Morgan fingerprint density at radius 3 is 2.64 bits per heavy atom. The van der Waals surface area contributed by atoms with Crippen LogP contribution in [0, 0.1) is 5.41 Å². The second kappa shape index (κ2) is 6.04. The average molecular weight is 343 g/mol. The Labute approximate surface area is 150 Å². The monoisotopic (exact) mass is 343 g/mol. The standard InChI is InChI=1S/C20H29N3O2/c1-19(2,3)12-21-18(25)22-10-16-14-8-6-7-9-15(14)20(4,5)13-23(16)17(24)11-22/h6-9,16H,10-13H2,1-5H3,(H,21,25). The molecule has 2 aliphatic heterocycles. The molecule has 1 aromatic carbocycles. The van der Waals surface area contributed by atoms with Gasteiger partial charge in [0.05, 0.1) is 6.04 Å². The lowest BCUT2D eigenvalue weighted by Crippen LogP contribution is -2.60. The van der Waals surface area contributed by atoms with Gasteiger partial charge in [-0.05, 0) is 16.5 Å². The lowest BCUT2D eigenvalue weighted by atomic mass is 9.75. The molecular weight excluding hydrogens is 314 g/mol. The molecule has 0 aromatic heterocycles. The number of urea groups is 1. The number of piperazine rings is 1. The minimum absolute atomic E-state index is 0.0168. The molecule has 1 unspecified atom stereocenters. The molecule has 5 nitrogen and oxygen atoms in total. The summed E-state index contributed by atoms with van der Waals surface area (Å²) in [7, 11) is 0. The summed E-state index contributed by atoms with van der Waals surface area (Å²) >= 11 is 0. The highest BCUT2D eigenvalue weighted by Crippen LogP contribution is 2.41. The van der Waals surface area contributed by atoms with Gasteiger partial charge in [-0.25, -0.2) is 4.79 Å². The molecule has 2 heterocycles. The smallest absolute Gasteiger partial charge is 0.317 e. The fourth-order valence-electron chi connectivity index (χ4n) is 3.79. The number of hydrogen-bond donors (Lipinski definition) is 1. The van der Waals surface area contributed by atoms with Gasteiger partial charge < -0.3 is 15.1 Å². The number of fused-ring (bicyclic) bond motifs is 3. The first-order chi connectivity index (χ1) is 11.6. The maximum Gasteiger partial charge on any atom is 0.317 e. The van der Waals surface area contributed by atoms with Crippen LogP contribution in [0.25, 0.3) is 0 Å². The van der Waals surface area contributed by atoms with Crippen LogP contribution in [0.1, 0.15) is 51.8 Å². The van der Waals surface area contributed by atoms with Crippen molar-refractivity contribution in [3.63, 3.8) is 0 Å². The average Bonchev–Trinajstić information content (AvgIpc) is 2.53. The number of amides is 3. The predicted molar refractivity (Wildman–Crippen MR) is 98.3 cm³/mol. The van der Waals surface area contributed by atoms with Gasteiger partial charge in [-0.3, -0.25) is 4.79 Å². The van der Waals surface area contributed by atoms with Gasteiger partial charge in [-0.15, -0.1) is 0 Å². The quantitative estimate of drug-likeness (QED) is 0.852. The van der Waals surface area contributed by atoms with Crippen molar-refractivity contribution in [2.45, 2.75) is 46.1 Å². The van der Waals surface area contributed by atoms with E-state index in [2.05, 4.69) is 58.1 Å². The Kier molecular flexibility index (Phi) is 4.30. The number of carbonyl (C=O) groups excluding carboxylic acids is 2. The summed E-state index contributed by atoms with van der Waals surface area (Å²) in [5, 5.41) is 2.96. The molecule has 1 aromatic rings. The summed E-state index contributed by atoms with van der Waals surface area (Å²) in [6.45, 7) is 12.6. The molecule has 1 N–H and O–H groups in total. The van der Waals surface area contributed by atoms with Crippen LogP contribution in [-0.4, -0.2) is 47.9 Å².